The number of anilines is 1. The van der Waals surface area contributed by atoms with E-state index in [4.69, 9.17) is 11.6 Å². The van der Waals surface area contributed by atoms with E-state index in [0.717, 1.165) is 63.2 Å². The molecule has 25 heavy (non-hydrogen) atoms. The lowest BCUT2D eigenvalue weighted by atomic mass is 10.2. The molecule has 0 bridgehead atoms. The van der Waals surface area contributed by atoms with E-state index in [1.807, 2.05) is 24.5 Å². The standard InChI is InChI=1S/C19H26ClN5/c1-2-7-21-19-22-12-17(13-23-19)15-25-10-8-24(9-11-25)14-16-3-5-18(20)6-4-16/h3-6,12-13H,2,7-11,14-15H2,1H3,(H,21,22,23). The van der Waals surface area contributed by atoms with Crippen LogP contribution in [0, 0.1) is 0 Å². The summed E-state index contributed by atoms with van der Waals surface area (Å²) in [6.07, 6.45) is 4.95. The van der Waals surface area contributed by atoms with Crippen LogP contribution >= 0.6 is 11.6 Å². The van der Waals surface area contributed by atoms with Crippen molar-refractivity contribution in [1.29, 1.82) is 0 Å². The predicted molar refractivity (Wildman–Crippen MR) is 103 cm³/mol. The van der Waals surface area contributed by atoms with Crippen LogP contribution in [0.25, 0.3) is 0 Å². The van der Waals surface area contributed by atoms with Gasteiger partial charge in [-0.3, -0.25) is 9.80 Å². The number of halogens is 1. The fraction of sp³-hybridized carbons (Fsp3) is 0.474. The molecule has 6 heteroatoms. The SMILES string of the molecule is CCCNc1ncc(CN2CCN(Cc3ccc(Cl)cc3)CC2)cn1. The van der Waals surface area contributed by atoms with E-state index in [1.165, 1.54) is 11.1 Å². The molecule has 2 heterocycles. The molecule has 1 aromatic carbocycles. The highest BCUT2D eigenvalue weighted by atomic mass is 35.5. The second-order valence-electron chi connectivity index (χ2n) is 6.52. The fourth-order valence-corrected chi connectivity index (χ4v) is 3.10. The Morgan fingerprint density at radius 2 is 1.48 bits per heavy atom. The van der Waals surface area contributed by atoms with Crippen LogP contribution in [0.4, 0.5) is 5.95 Å². The van der Waals surface area contributed by atoms with Gasteiger partial charge in [0.2, 0.25) is 5.95 Å². The number of nitrogens with one attached hydrogen (secondary N) is 1. The molecule has 1 aliphatic heterocycles. The van der Waals surface area contributed by atoms with Gasteiger partial charge in [-0.25, -0.2) is 9.97 Å². The first-order chi connectivity index (χ1) is 12.2. The molecule has 1 aliphatic rings. The van der Waals surface area contributed by atoms with Gasteiger partial charge >= 0.3 is 0 Å². The molecule has 134 valence electrons. The Morgan fingerprint density at radius 3 is 2.04 bits per heavy atom. The Labute approximate surface area is 155 Å². The van der Waals surface area contributed by atoms with E-state index in [1.54, 1.807) is 0 Å². The van der Waals surface area contributed by atoms with Crippen LogP contribution in [-0.4, -0.2) is 52.5 Å². The summed E-state index contributed by atoms with van der Waals surface area (Å²) in [6.45, 7) is 9.27. The minimum atomic E-state index is 0.721. The summed E-state index contributed by atoms with van der Waals surface area (Å²) < 4.78 is 0. The maximum absolute atomic E-state index is 5.95. The van der Waals surface area contributed by atoms with Crippen LogP contribution < -0.4 is 5.32 Å². The van der Waals surface area contributed by atoms with Crippen LogP contribution in [-0.2, 0) is 13.1 Å². The Kier molecular flexibility index (Phi) is 6.62. The first-order valence-corrected chi connectivity index (χ1v) is 9.34. The molecule has 1 N–H and O–H groups in total. The molecule has 1 aromatic heterocycles. The molecule has 0 radical (unpaired) electrons. The minimum Gasteiger partial charge on any atom is -0.354 e. The maximum Gasteiger partial charge on any atom is 0.222 e. The van der Waals surface area contributed by atoms with Gasteiger partial charge in [-0.1, -0.05) is 30.7 Å². The van der Waals surface area contributed by atoms with Gasteiger partial charge < -0.3 is 5.32 Å². The number of hydrogen-bond acceptors (Lipinski definition) is 5. The number of hydrogen-bond donors (Lipinski definition) is 1. The summed E-state index contributed by atoms with van der Waals surface area (Å²) in [7, 11) is 0. The molecule has 1 fully saturated rings. The van der Waals surface area contributed by atoms with Gasteiger partial charge in [-0.15, -0.1) is 0 Å². The van der Waals surface area contributed by atoms with Crippen molar-refractivity contribution in [3.8, 4) is 0 Å². The minimum absolute atomic E-state index is 0.721. The smallest absolute Gasteiger partial charge is 0.222 e. The Bertz CT molecular complexity index is 636. The molecule has 3 rings (SSSR count). The van der Waals surface area contributed by atoms with E-state index in [-0.39, 0.29) is 0 Å². The quantitative estimate of drug-likeness (QED) is 0.822. The molecule has 0 spiro atoms. The number of piperazine rings is 1. The highest BCUT2D eigenvalue weighted by Crippen LogP contribution is 2.14. The van der Waals surface area contributed by atoms with Gasteiger partial charge in [0.05, 0.1) is 0 Å². The second-order valence-corrected chi connectivity index (χ2v) is 6.96. The van der Waals surface area contributed by atoms with Crippen molar-refractivity contribution in [2.75, 3.05) is 38.0 Å². The summed E-state index contributed by atoms with van der Waals surface area (Å²) in [6, 6.07) is 8.15. The summed E-state index contributed by atoms with van der Waals surface area (Å²) >= 11 is 5.95. The lowest BCUT2D eigenvalue weighted by Gasteiger charge is -2.34. The van der Waals surface area contributed by atoms with E-state index < -0.39 is 0 Å². The molecule has 0 unspecified atom stereocenters. The van der Waals surface area contributed by atoms with Crippen LogP contribution in [0.5, 0.6) is 0 Å². The van der Waals surface area contributed by atoms with E-state index in [0.29, 0.717) is 0 Å². The molecular weight excluding hydrogens is 334 g/mol. The van der Waals surface area contributed by atoms with Gasteiger partial charge in [0.1, 0.15) is 0 Å². The number of aromatic nitrogens is 2. The third kappa shape index (κ3) is 5.66. The summed E-state index contributed by atoms with van der Waals surface area (Å²) in [5.74, 6) is 0.721. The molecule has 1 saturated heterocycles. The fourth-order valence-electron chi connectivity index (χ4n) is 2.98. The maximum atomic E-state index is 5.95. The van der Waals surface area contributed by atoms with Crippen molar-refractivity contribution in [2.45, 2.75) is 26.4 Å². The Morgan fingerprint density at radius 1 is 0.920 bits per heavy atom. The van der Waals surface area contributed by atoms with Gasteiger partial charge in [-0.2, -0.15) is 0 Å². The zero-order valence-corrected chi connectivity index (χ0v) is 15.5. The van der Waals surface area contributed by atoms with Gasteiger partial charge in [-0.05, 0) is 24.1 Å². The third-order valence-electron chi connectivity index (χ3n) is 4.43. The molecule has 0 saturated carbocycles. The largest absolute Gasteiger partial charge is 0.354 e. The monoisotopic (exact) mass is 359 g/mol. The van der Waals surface area contributed by atoms with Crippen LogP contribution in [0.2, 0.25) is 5.02 Å². The number of benzene rings is 1. The van der Waals surface area contributed by atoms with Crippen LogP contribution in [0.1, 0.15) is 24.5 Å². The highest BCUT2D eigenvalue weighted by Gasteiger charge is 2.17. The molecule has 2 aromatic rings. The van der Waals surface area contributed by atoms with Crippen LogP contribution in [0.3, 0.4) is 0 Å². The van der Waals surface area contributed by atoms with Gasteiger partial charge in [0.15, 0.2) is 0 Å². The van der Waals surface area contributed by atoms with Crippen molar-refractivity contribution in [1.82, 2.24) is 19.8 Å². The van der Waals surface area contributed by atoms with Crippen LogP contribution in [0.15, 0.2) is 36.7 Å². The summed E-state index contributed by atoms with van der Waals surface area (Å²) in [5, 5.41) is 4.00. The zero-order chi connectivity index (χ0) is 17.5. The first kappa shape index (κ1) is 18.1. The Balaban J connectivity index is 1.43. The van der Waals surface area contributed by atoms with Crippen molar-refractivity contribution >= 4 is 17.5 Å². The molecule has 0 atom stereocenters. The molecular formula is C19H26ClN5. The van der Waals surface area contributed by atoms with Crippen molar-refractivity contribution in [3.05, 3.63) is 52.8 Å². The average Bonchev–Trinajstić information content (AvgIpc) is 2.65. The Hall–Kier alpha value is -1.69. The lowest BCUT2D eigenvalue weighted by Crippen LogP contribution is -2.45. The van der Waals surface area contributed by atoms with Crippen molar-refractivity contribution in [3.63, 3.8) is 0 Å². The first-order valence-electron chi connectivity index (χ1n) is 8.97. The highest BCUT2D eigenvalue weighted by molar-refractivity contribution is 6.30. The topological polar surface area (TPSA) is 44.3 Å². The molecule has 0 aliphatic carbocycles. The average molecular weight is 360 g/mol. The lowest BCUT2D eigenvalue weighted by molar-refractivity contribution is 0.122. The summed E-state index contributed by atoms with van der Waals surface area (Å²) in [4.78, 5) is 13.7. The summed E-state index contributed by atoms with van der Waals surface area (Å²) in [5.41, 5.74) is 2.50. The van der Waals surface area contributed by atoms with E-state index in [2.05, 4.69) is 44.1 Å². The van der Waals surface area contributed by atoms with Crippen molar-refractivity contribution in [2.24, 2.45) is 0 Å². The zero-order valence-electron chi connectivity index (χ0n) is 14.8. The number of rotatable bonds is 7. The van der Waals surface area contributed by atoms with Gasteiger partial charge in [0.25, 0.3) is 0 Å². The van der Waals surface area contributed by atoms with Gasteiger partial charge in [0, 0.05) is 68.8 Å². The number of nitrogens with zero attached hydrogens (tertiary/aromatic N) is 4. The van der Waals surface area contributed by atoms with E-state index >= 15 is 0 Å². The van der Waals surface area contributed by atoms with Crippen molar-refractivity contribution < 1.29 is 0 Å². The molecule has 5 nitrogen and oxygen atoms in total. The normalized spacial score (nSPS) is 16.1. The predicted octanol–water partition coefficient (Wildman–Crippen LogP) is 3.27. The third-order valence-corrected chi connectivity index (χ3v) is 4.68. The van der Waals surface area contributed by atoms with E-state index in [9.17, 15) is 0 Å². The molecule has 0 amide bonds. The second kappa shape index (κ2) is 9.13.